The summed E-state index contributed by atoms with van der Waals surface area (Å²) in [6.07, 6.45) is 5.67. The lowest BCUT2D eigenvalue weighted by Crippen LogP contribution is -2.19. The van der Waals surface area contributed by atoms with Crippen molar-refractivity contribution in [2.45, 2.75) is 25.4 Å². The topological polar surface area (TPSA) is 37.8 Å². The van der Waals surface area contributed by atoms with Crippen molar-refractivity contribution in [1.29, 1.82) is 0 Å². The fourth-order valence-electron chi connectivity index (χ4n) is 2.47. The quantitative estimate of drug-likeness (QED) is 0.947. The normalized spacial score (nSPS) is 17.7. The number of hydrogen-bond donors (Lipinski definition) is 1. The summed E-state index contributed by atoms with van der Waals surface area (Å²) < 4.78 is 1.23. The number of aromatic nitrogens is 2. The SMILES string of the molecule is Brc1cccc2c1CCC2NCc1ccncn1. The molecule has 0 amide bonds. The Kier molecular flexibility index (Phi) is 3.39. The van der Waals surface area contributed by atoms with E-state index in [-0.39, 0.29) is 0 Å². The maximum absolute atomic E-state index is 4.23. The van der Waals surface area contributed by atoms with Crippen LogP contribution in [0.2, 0.25) is 0 Å². The molecule has 2 aromatic rings. The highest BCUT2D eigenvalue weighted by Gasteiger charge is 2.23. The van der Waals surface area contributed by atoms with Gasteiger partial charge in [-0.1, -0.05) is 28.1 Å². The van der Waals surface area contributed by atoms with Crippen molar-refractivity contribution in [3.63, 3.8) is 0 Å². The van der Waals surface area contributed by atoms with Crippen molar-refractivity contribution in [2.24, 2.45) is 0 Å². The van der Waals surface area contributed by atoms with Crippen molar-refractivity contribution < 1.29 is 0 Å². The van der Waals surface area contributed by atoms with Crippen molar-refractivity contribution in [3.05, 3.63) is 58.1 Å². The van der Waals surface area contributed by atoms with Gasteiger partial charge in [0.2, 0.25) is 0 Å². The molecule has 4 heteroatoms. The van der Waals surface area contributed by atoms with E-state index in [4.69, 9.17) is 0 Å². The fourth-order valence-corrected chi connectivity index (χ4v) is 3.05. The van der Waals surface area contributed by atoms with Gasteiger partial charge >= 0.3 is 0 Å². The Morgan fingerprint density at radius 1 is 1.33 bits per heavy atom. The molecule has 1 aromatic carbocycles. The van der Waals surface area contributed by atoms with Crippen LogP contribution in [0.4, 0.5) is 0 Å². The first kappa shape index (κ1) is 11.8. The van der Waals surface area contributed by atoms with E-state index >= 15 is 0 Å². The van der Waals surface area contributed by atoms with Crippen LogP contribution in [0.15, 0.2) is 41.3 Å². The predicted molar refractivity (Wildman–Crippen MR) is 74.1 cm³/mol. The van der Waals surface area contributed by atoms with E-state index < -0.39 is 0 Å². The van der Waals surface area contributed by atoms with Crippen LogP contribution in [0.25, 0.3) is 0 Å². The van der Waals surface area contributed by atoms with Crippen LogP contribution >= 0.6 is 15.9 Å². The Labute approximate surface area is 115 Å². The highest BCUT2D eigenvalue weighted by atomic mass is 79.9. The average molecular weight is 304 g/mol. The number of nitrogens with one attached hydrogen (secondary N) is 1. The number of nitrogens with zero attached hydrogens (tertiary/aromatic N) is 2. The largest absolute Gasteiger partial charge is 0.304 e. The van der Waals surface area contributed by atoms with Crippen molar-refractivity contribution in [3.8, 4) is 0 Å². The molecule has 1 unspecified atom stereocenters. The fraction of sp³-hybridized carbons (Fsp3) is 0.286. The molecule has 1 aliphatic rings. The zero-order chi connectivity index (χ0) is 12.4. The van der Waals surface area contributed by atoms with Gasteiger partial charge in [0, 0.05) is 23.3 Å². The highest BCUT2D eigenvalue weighted by Crippen LogP contribution is 2.35. The summed E-state index contributed by atoms with van der Waals surface area (Å²) in [4.78, 5) is 8.16. The first-order valence-corrected chi connectivity index (χ1v) is 6.89. The summed E-state index contributed by atoms with van der Waals surface area (Å²) in [5.41, 5.74) is 3.89. The van der Waals surface area contributed by atoms with Gasteiger partial charge in [0.15, 0.2) is 0 Å². The molecule has 92 valence electrons. The van der Waals surface area contributed by atoms with E-state index in [1.165, 1.54) is 15.6 Å². The molecule has 0 aliphatic heterocycles. The maximum Gasteiger partial charge on any atom is 0.115 e. The highest BCUT2D eigenvalue weighted by molar-refractivity contribution is 9.10. The molecule has 0 bridgehead atoms. The average Bonchev–Trinajstić information content (AvgIpc) is 2.82. The molecule has 1 atom stereocenters. The molecule has 1 heterocycles. The second-order valence-corrected chi connectivity index (χ2v) is 5.33. The van der Waals surface area contributed by atoms with Gasteiger partial charge in [-0.2, -0.15) is 0 Å². The minimum atomic E-state index is 0.437. The molecule has 1 aromatic heterocycles. The van der Waals surface area contributed by atoms with Gasteiger partial charge < -0.3 is 5.32 Å². The van der Waals surface area contributed by atoms with Crippen LogP contribution in [0.3, 0.4) is 0 Å². The van der Waals surface area contributed by atoms with Crippen molar-refractivity contribution in [2.75, 3.05) is 0 Å². The van der Waals surface area contributed by atoms with E-state index in [0.29, 0.717) is 6.04 Å². The first-order valence-electron chi connectivity index (χ1n) is 6.10. The van der Waals surface area contributed by atoms with E-state index in [0.717, 1.165) is 25.1 Å². The molecular formula is C14H14BrN3. The summed E-state index contributed by atoms with van der Waals surface area (Å²) in [6.45, 7) is 0.791. The molecule has 1 aliphatic carbocycles. The van der Waals surface area contributed by atoms with Crippen LogP contribution in [0.1, 0.15) is 29.3 Å². The van der Waals surface area contributed by atoms with E-state index in [1.807, 2.05) is 6.07 Å². The second-order valence-electron chi connectivity index (χ2n) is 4.48. The summed E-state index contributed by atoms with van der Waals surface area (Å²) in [6, 6.07) is 8.82. The molecule has 18 heavy (non-hydrogen) atoms. The van der Waals surface area contributed by atoms with Gasteiger partial charge in [-0.15, -0.1) is 0 Å². The lowest BCUT2D eigenvalue weighted by Gasteiger charge is -2.13. The third-order valence-electron chi connectivity index (χ3n) is 3.39. The molecule has 0 spiro atoms. The third-order valence-corrected chi connectivity index (χ3v) is 4.13. The predicted octanol–water partition coefficient (Wildman–Crippen LogP) is 3.02. The monoisotopic (exact) mass is 303 g/mol. The zero-order valence-corrected chi connectivity index (χ0v) is 11.5. The number of benzene rings is 1. The van der Waals surface area contributed by atoms with Gasteiger partial charge in [0.25, 0.3) is 0 Å². The summed E-state index contributed by atoms with van der Waals surface area (Å²) in [7, 11) is 0. The third kappa shape index (κ3) is 2.31. The van der Waals surface area contributed by atoms with Crippen LogP contribution in [0, 0.1) is 0 Å². The lowest BCUT2D eigenvalue weighted by atomic mass is 10.1. The number of hydrogen-bond acceptors (Lipinski definition) is 3. The minimum Gasteiger partial charge on any atom is -0.304 e. The first-order chi connectivity index (χ1) is 8.84. The standard InChI is InChI=1S/C14H14BrN3/c15-13-3-1-2-12-11(13)4-5-14(12)17-8-10-6-7-16-9-18-10/h1-3,6-7,9,14,17H,4-5,8H2. The molecule has 0 radical (unpaired) electrons. The van der Waals surface area contributed by atoms with Gasteiger partial charge in [0.1, 0.15) is 6.33 Å². The van der Waals surface area contributed by atoms with Crippen LogP contribution < -0.4 is 5.32 Å². The molecule has 0 fully saturated rings. The van der Waals surface area contributed by atoms with Crippen LogP contribution in [-0.4, -0.2) is 9.97 Å². The van der Waals surface area contributed by atoms with E-state index in [9.17, 15) is 0 Å². The van der Waals surface area contributed by atoms with Crippen LogP contribution in [-0.2, 0) is 13.0 Å². The molecule has 3 nitrogen and oxygen atoms in total. The summed E-state index contributed by atoms with van der Waals surface area (Å²) >= 11 is 3.62. The molecule has 1 N–H and O–H groups in total. The van der Waals surface area contributed by atoms with Crippen molar-refractivity contribution in [1.82, 2.24) is 15.3 Å². The smallest absolute Gasteiger partial charge is 0.115 e. The summed E-state index contributed by atoms with van der Waals surface area (Å²) in [5.74, 6) is 0. The van der Waals surface area contributed by atoms with Gasteiger partial charge in [-0.25, -0.2) is 9.97 Å². The Hall–Kier alpha value is -1.26. The molecule has 3 rings (SSSR count). The molecule has 0 saturated carbocycles. The van der Waals surface area contributed by atoms with Crippen LogP contribution in [0.5, 0.6) is 0 Å². The Balaban J connectivity index is 1.72. The number of fused-ring (bicyclic) bond motifs is 1. The van der Waals surface area contributed by atoms with E-state index in [1.54, 1.807) is 12.5 Å². The van der Waals surface area contributed by atoms with Crippen molar-refractivity contribution >= 4 is 15.9 Å². The second kappa shape index (κ2) is 5.16. The zero-order valence-electron chi connectivity index (χ0n) is 9.94. The summed E-state index contributed by atoms with van der Waals surface area (Å²) in [5, 5.41) is 3.57. The maximum atomic E-state index is 4.23. The van der Waals surface area contributed by atoms with E-state index in [2.05, 4.69) is 49.4 Å². The Bertz CT molecular complexity index is 542. The lowest BCUT2D eigenvalue weighted by molar-refractivity contribution is 0.525. The molecule has 0 saturated heterocycles. The number of halogens is 1. The van der Waals surface area contributed by atoms with Gasteiger partial charge in [-0.05, 0) is 36.1 Å². The van der Waals surface area contributed by atoms with Gasteiger partial charge in [0.05, 0.1) is 5.69 Å². The molecular weight excluding hydrogens is 290 g/mol. The Morgan fingerprint density at radius 3 is 3.11 bits per heavy atom. The Morgan fingerprint density at radius 2 is 2.28 bits per heavy atom. The van der Waals surface area contributed by atoms with Gasteiger partial charge in [-0.3, -0.25) is 0 Å². The number of rotatable bonds is 3. The minimum absolute atomic E-state index is 0.437.